The van der Waals surface area contributed by atoms with Crippen molar-refractivity contribution in [2.45, 2.75) is 12.5 Å². The number of carbonyl (C=O) groups is 2. The third-order valence-corrected chi connectivity index (χ3v) is 2.98. The topological polar surface area (TPSA) is 93.4 Å². The van der Waals surface area contributed by atoms with Gasteiger partial charge in [-0.25, -0.2) is 0 Å². The molecule has 19 heavy (non-hydrogen) atoms. The first-order chi connectivity index (χ1) is 8.98. The van der Waals surface area contributed by atoms with Crippen molar-refractivity contribution in [2.75, 3.05) is 25.0 Å². The fourth-order valence-electron chi connectivity index (χ4n) is 1.77. The maximum Gasteiger partial charge on any atom is 0.250 e. The molecule has 1 saturated heterocycles. The molecule has 0 aromatic heterocycles. The Hall–Kier alpha value is -1.92. The second-order valence-corrected chi connectivity index (χ2v) is 4.84. The number of nitrogens with two attached hydrogens (primary N) is 1. The van der Waals surface area contributed by atoms with Gasteiger partial charge in [-0.2, -0.15) is 0 Å². The summed E-state index contributed by atoms with van der Waals surface area (Å²) in [6.45, 7) is 3.43. The lowest BCUT2D eigenvalue weighted by molar-refractivity contribution is -0.130. The Morgan fingerprint density at radius 3 is 2.79 bits per heavy atom. The first-order valence-corrected chi connectivity index (χ1v) is 6.03. The number of benzene rings is 1. The van der Waals surface area contributed by atoms with Crippen LogP contribution in [0.15, 0.2) is 24.3 Å². The summed E-state index contributed by atoms with van der Waals surface area (Å²) in [5.41, 5.74) is 5.80. The van der Waals surface area contributed by atoms with Crippen molar-refractivity contribution in [3.05, 3.63) is 29.8 Å². The summed E-state index contributed by atoms with van der Waals surface area (Å²) >= 11 is 0. The van der Waals surface area contributed by atoms with E-state index in [1.165, 1.54) is 6.07 Å². The fraction of sp³-hybridized carbons (Fsp3) is 0.385. The lowest BCUT2D eigenvalue weighted by atomic mass is 10.0. The van der Waals surface area contributed by atoms with E-state index in [0.717, 1.165) is 13.1 Å². The molecule has 4 N–H and O–H groups in total. The third-order valence-electron chi connectivity index (χ3n) is 2.98. The Balaban J connectivity index is 1.88. The Kier molecular flexibility index (Phi) is 3.82. The van der Waals surface area contributed by atoms with Crippen molar-refractivity contribution in [2.24, 2.45) is 5.73 Å². The van der Waals surface area contributed by atoms with Crippen LogP contribution in [-0.2, 0) is 9.53 Å². The van der Waals surface area contributed by atoms with Gasteiger partial charge in [0.25, 0.3) is 0 Å². The summed E-state index contributed by atoms with van der Waals surface area (Å²) in [5, 5.41) is 5.75. The molecule has 0 radical (unpaired) electrons. The van der Waals surface area contributed by atoms with E-state index in [0.29, 0.717) is 11.3 Å². The number of carbonyl (C=O) groups excluding carboxylic acids is 2. The zero-order valence-electron chi connectivity index (χ0n) is 10.7. The largest absolute Gasteiger partial charge is 0.366 e. The van der Waals surface area contributed by atoms with Gasteiger partial charge in [0.05, 0.1) is 5.60 Å². The summed E-state index contributed by atoms with van der Waals surface area (Å²) in [7, 11) is 0. The second-order valence-electron chi connectivity index (χ2n) is 4.84. The molecular weight excluding hydrogens is 246 g/mol. The molecule has 0 saturated carbocycles. The fourth-order valence-corrected chi connectivity index (χ4v) is 1.77. The van der Waals surface area contributed by atoms with Crippen LogP contribution in [0.3, 0.4) is 0 Å². The number of nitrogens with one attached hydrogen (secondary N) is 2. The van der Waals surface area contributed by atoms with Crippen molar-refractivity contribution in [3.8, 4) is 0 Å². The molecule has 1 aliphatic rings. The van der Waals surface area contributed by atoms with Gasteiger partial charge in [-0.05, 0) is 25.1 Å². The van der Waals surface area contributed by atoms with E-state index in [2.05, 4.69) is 10.6 Å². The van der Waals surface area contributed by atoms with Gasteiger partial charge in [0.1, 0.15) is 6.61 Å². The maximum atomic E-state index is 11.7. The quantitative estimate of drug-likeness (QED) is 0.702. The third kappa shape index (κ3) is 3.52. The van der Waals surface area contributed by atoms with Gasteiger partial charge in [0.15, 0.2) is 0 Å². The average Bonchev–Trinajstić information content (AvgIpc) is 2.34. The van der Waals surface area contributed by atoms with E-state index in [9.17, 15) is 9.59 Å². The van der Waals surface area contributed by atoms with Crippen molar-refractivity contribution >= 4 is 17.5 Å². The van der Waals surface area contributed by atoms with Gasteiger partial charge in [0, 0.05) is 24.3 Å². The second kappa shape index (κ2) is 5.38. The van der Waals surface area contributed by atoms with E-state index in [1.54, 1.807) is 18.2 Å². The highest BCUT2D eigenvalue weighted by Gasteiger charge is 2.32. The van der Waals surface area contributed by atoms with E-state index >= 15 is 0 Å². The summed E-state index contributed by atoms with van der Waals surface area (Å²) < 4.78 is 5.51. The van der Waals surface area contributed by atoms with Crippen LogP contribution in [0.1, 0.15) is 17.3 Å². The Labute approximate surface area is 111 Å². The van der Waals surface area contributed by atoms with Crippen LogP contribution < -0.4 is 16.4 Å². The SMILES string of the molecule is CC1(OCC(=O)Nc2cccc(C(N)=O)c2)CNC1. The van der Waals surface area contributed by atoms with Crippen LogP contribution in [0.4, 0.5) is 5.69 Å². The van der Waals surface area contributed by atoms with Gasteiger partial charge < -0.3 is 21.1 Å². The first kappa shape index (κ1) is 13.5. The normalized spacial score (nSPS) is 16.5. The lowest BCUT2D eigenvalue weighted by Gasteiger charge is -2.38. The van der Waals surface area contributed by atoms with E-state index in [1.807, 2.05) is 6.92 Å². The van der Waals surface area contributed by atoms with Crippen LogP contribution >= 0.6 is 0 Å². The molecule has 1 aromatic carbocycles. The molecular formula is C13H17N3O3. The molecule has 2 amide bonds. The van der Waals surface area contributed by atoms with Gasteiger partial charge in [0.2, 0.25) is 11.8 Å². The summed E-state index contributed by atoms with van der Waals surface area (Å²) in [5.74, 6) is -0.782. The molecule has 1 fully saturated rings. The predicted molar refractivity (Wildman–Crippen MR) is 70.8 cm³/mol. The Morgan fingerprint density at radius 1 is 1.47 bits per heavy atom. The van der Waals surface area contributed by atoms with Gasteiger partial charge in [-0.15, -0.1) is 0 Å². The highest BCUT2D eigenvalue weighted by Crippen LogP contribution is 2.15. The highest BCUT2D eigenvalue weighted by atomic mass is 16.5. The van der Waals surface area contributed by atoms with Crippen LogP contribution in [-0.4, -0.2) is 37.1 Å². The molecule has 2 rings (SSSR count). The van der Waals surface area contributed by atoms with E-state index < -0.39 is 5.91 Å². The van der Waals surface area contributed by atoms with Crippen molar-refractivity contribution in [1.29, 1.82) is 0 Å². The number of hydrogen-bond acceptors (Lipinski definition) is 4. The van der Waals surface area contributed by atoms with Gasteiger partial charge in [-0.1, -0.05) is 6.07 Å². The monoisotopic (exact) mass is 263 g/mol. The average molecular weight is 263 g/mol. The number of ether oxygens (including phenoxy) is 1. The molecule has 6 heteroatoms. The molecule has 0 atom stereocenters. The van der Waals surface area contributed by atoms with E-state index in [-0.39, 0.29) is 18.1 Å². The molecule has 102 valence electrons. The van der Waals surface area contributed by atoms with Crippen molar-refractivity contribution < 1.29 is 14.3 Å². The van der Waals surface area contributed by atoms with Crippen LogP contribution in [0, 0.1) is 0 Å². The van der Waals surface area contributed by atoms with Crippen molar-refractivity contribution in [3.63, 3.8) is 0 Å². The number of rotatable bonds is 5. The molecule has 1 aromatic rings. The van der Waals surface area contributed by atoms with Crippen LogP contribution in [0.5, 0.6) is 0 Å². The molecule has 0 bridgehead atoms. The Morgan fingerprint density at radius 2 is 2.21 bits per heavy atom. The molecule has 1 aliphatic heterocycles. The minimum Gasteiger partial charge on any atom is -0.366 e. The van der Waals surface area contributed by atoms with Crippen LogP contribution in [0.25, 0.3) is 0 Å². The summed E-state index contributed by atoms with van der Waals surface area (Å²) in [6, 6.07) is 6.48. The molecule has 0 spiro atoms. The number of anilines is 1. The maximum absolute atomic E-state index is 11.7. The predicted octanol–water partition coefficient (Wildman–Crippen LogP) is 0.103. The molecule has 6 nitrogen and oxygen atoms in total. The summed E-state index contributed by atoms with van der Waals surface area (Å²) in [4.78, 5) is 22.7. The number of primary amides is 1. The smallest absolute Gasteiger partial charge is 0.250 e. The molecule has 0 aliphatic carbocycles. The minimum absolute atomic E-state index is 0.0149. The Bertz CT molecular complexity index is 498. The highest BCUT2D eigenvalue weighted by molar-refractivity contribution is 5.96. The number of amides is 2. The van der Waals surface area contributed by atoms with E-state index in [4.69, 9.17) is 10.5 Å². The number of hydrogen-bond donors (Lipinski definition) is 3. The van der Waals surface area contributed by atoms with Gasteiger partial charge >= 0.3 is 0 Å². The minimum atomic E-state index is -0.527. The van der Waals surface area contributed by atoms with Gasteiger partial charge in [-0.3, -0.25) is 9.59 Å². The zero-order valence-corrected chi connectivity index (χ0v) is 10.7. The standard InChI is InChI=1S/C13H17N3O3/c1-13(7-15-8-13)19-6-11(17)16-10-4-2-3-9(5-10)12(14)18/h2-5,15H,6-8H2,1H3,(H2,14,18)(H,16,17). The molecule has 0 unspecified atom stereocenters. The summed E-state index contributed by atoms with van der Waals surface area (Å²) in [6.07, 6.45) is 0. The first-order valence-electron chi connectivity index (χ1n) is 6.03. The lowest BCUT2D eigenvalue weighted by Crippen LogP contribution is -2.59. The zero-order chi connectivity index (χ0) is 13.9. The molecule has 1 heterocycles. The van der Waals surface area contributed by atoms with Crippen LogP contribution in [0.2, 0.25) is 0 Å². The van der Waals surface area contributed by atoms with Crippen molar-refractivity contribution in [1.82, 2.24) is 5.32 Å².